The van der Waals surface area contributed by atoms with Crippen LogP contribution in [-0.4, -0.2) is 49.3 Å². The zero-order chi connectivity index (χ0) is 9.07. The van der Waals surface area contributed by atoms with Crippen LogP contribution in [0.1, 0.15) is 6.42 Å². The van der Waals surface area contributed by atoms with Gasteiger partial charge in [-0.05, 0) is 0 Å². The molecular weight excluding hydrogens is 144 g/mol. The number of rotatable bonds is 4. The van der Waals surface area contributed by atoms with Crippen molar-refractivity contribution in [2.75, 3.05) is 27.7 Å². The summed E-state index contributed by atoms with van der Waals surface area (Å²) >= 11 is 0. The maximum absolute atomic E-state index is 10.4. The Morgan fingerprint density at radius 2 is 2.00 bits per heavy atom. The van der Waals surface area contributed by atoms with Gasteiger partial charge in [0.15, 0.2) is 0 Å². The second kappa shape index (κ2) is 3.69. The molecule has 3 N–H and O–H groups in total. The molecule has 0 spiro atoms. The highest BCUT2D eigenvalue weighted by Crippen LogP contribution is 1.97. The predicted molar refractivity (Wildman–Crippen MR) is 42.7 cm³/mol. The lowest BCUT2D eigenvalue weighted by Gasteiger charge is -2.26. The number of quaternary nitrogens is 1. The molecule has 66 valence electrons. The van der Waals surface area contributed by atoms with E-state index in [1.165, 1.54) is 0 Å². The maximum atomic E-state index is 10.4. The highest BCUT2D eigenvalue weighted by molar-refractivity contribution is 5.74. The van der Waals surface area contributed by atoms with E-state index in [-0.39, 0.29) is 6.42 Å². The molecule has 0 saturated heterocycles. The Hall–Kier alpha value is -0.610. The molecule has 11 heavy (non-hydrogen) atoms. The third kappa shape index (κ3) is 7.29. The molecule has 0 bridgehead atoms. The summed E-state index contributed by atoms with van der Waals surface area (Å²) in [5, 5.41) is 9.24. The Bertz CT molecular complexity index is 140. The Balaban J connectivity index is 3.69. The van der Waals surface area contributed by atoms with E-state index in [4.69, 9.17) is 5.73 Å². The summed E-state index contributed by atoms with van der Waals surface area (Å²) in [5.41, 5.74) is 4.91. The molecule has 0 rings (SSSR count). The van der Waals surface area contributed by atoms with Crippen molar-refractivity contribution in [1.82, 2.24) is 0 Å². The topological polar surface area (TPSA) is 63.3 Å². The fourth-order valence-electron chi connectivity index (χ4n) is 0.929. The van der Waals surface area contributed by atoms with Crippen molar-refractivity contribution in [2.45, 2.75) is 12.5 Å². The van der Waals surface area contributed by atoms with Crippen LogP contribution >= 0.6 is 0 Å². The standard InChI is InChI=1S/C7H16N2O2/c1-9(2,3)5-6(10)4-7(8)11/h6,10H,4-5H2,1-3H3,(H-,8,11)/p+1/t6-/m1/s1. The summed E-state index contributed by atoms with van der Waals surface area (Å²) in [6, 6.07) is 0. The third-order valence-electron chi connectivity index (χ3n) is 1.20. The van der Waals surface area contributed by atoms with Gasteiger partial charge in [0.2, 0.25) is 5.91 Å². The van der Waals surface area contributed by atoms with Gasteiger partial charge >= 0.3 is 0 Å². The van der Waals surface area contributed by atoms with E-state index in [9.17, 15) is 9.90 Å². The van der Waals surface area contributed by atoms with Crippen molar-refractivity contribution in [3.05, 3.63) is 0 Å². The Morgan fingerprint density at radius 3 is 2.27 bits per heavy atom. The minimum absolute atomic E-state index is 0.0511. The van der Waals surface area contributed by atoms with Crippen molar-refractivity contribution in [3.63, 3.8) is 0 Å². The SMILES string of the molecule is C[N+](C)(C)C[C@H](O)CC(N)=O. The molecule has 4 heteroatoms. The Kier molecular flexibility index (Phi) is 3.48. The van der Waals surface area contributed by atoms with Crippen molar-refractivity contribution in [2.24, 2.45) is 5.73 Å². The minimum atomic E-state index is -0.618. The van der Waals surface area contributed by atoms with Gasteiger partial charge in [0.25, 0.3) is 0 Å². The second-order valence-electron chi connectivity index (χ2n) is 3.80. The molecule has 0 aliphatic rings. The monoisotopic (exact) mass is 161 g/mol. The van der Waals surface area contributed by atoms with E-state index in [2.05, 4.69) is 0 Å². The number of carbonyl (C=O) groups is 1. The van der Waals surface area contributed by atoms with E-state index < -0.39 is 12.0 Å². The largest absolute Gasteiger partial charge is 0.387 e. The number of aliphatic hydroxyl groups excluding tert-OH is 1. The molecule has 1 amide bonds. The molecule has 0 aromatic rings. The minimum Gasteiger partial charge on any atom is -0.387 e. The number of primary amides is 1. The highest BCUT2D eigenvalue weighted by Gasteiger charge is 2.16. The van der Waals surface area contributed by atoms with Crippen LogP contribution in [0.15, 0.2) is 0 Å². The smallest absolute Gasteiger partial charge is 0.220 e. The first kappa shape index (κ1) is 10.4. The Morgan fingerprint density at radius 1 is 1.55 bits per heavy atom. The summed E-state index contributed by atoms with van der Waals surface area (Å²) in [7, 11) is 5.85. The van der Waals surface area contributed by atoms with E-state index in [1.54, 1.807) is 0 Å². The number of nitrogens with two attached hydrogens (primary N) is 1. The molecule has 0 aromatic carbocycles. The Labute approximate surface area is 67.2 Å². The average Bonchev–Trinajstić information content (AvgIpc) is 1.53. The molecule has 4 nitrogen and oxygen atoms in total. The third-order valence-corrected chi connectivity index (χ3v) is 1.20. The van der Waals surface area contributed by atoms with E-state index >= 15 is 0 Å². The molecule has 0 aliphatic carbocycles. The molecule has 0 unspecified atom stereocenters. The normalized spacial score (nSPS) is 14.5. The van der Waals surface area contributed by atoms with E-state index in [0.717, 1.165) is 0 Å². The summed E-state index contributed by atoms with van der Waals surface area (Å²) in [4.78, 5) is 10.4. The molecular formula is C7H17N2O2+. The van der Waals surface area contributed by atoms with Gasteiger partial charge in [-0.1, -0.05) is 0 Å². The number of hydrogen-bond acceptors (Lipinski definition) is 2. The van der Waals surface area contributed by atoms with Gasteiger partial charge in [0, 0.05) is 0 Å². The van der Waals surface area contributed by atoms with E-state index in [1.807, 2.05) is 21.1 Å². The van der Waals surface area contributed by atoms with Crippen LogP contribution in [0.2, 0.25) is 0 Å². The molecule has 0 saturated carbocycles. The van der Waals surface area contributed by atoms with Gasteiger partial charge in [-0.25, -0.2) is 0 Å². The van der Waals surface area contributed by atoms with Crippen LogP contribution in [0.5, 0.6) is 0 Å². The summed E-state index contributed by atoms with van der Waals surface area (Å²) in [6.45, 7) is 0.545. The highest BCUT2D eigenvalue weighted by atomic mass is 16.3. The fraction of sp³-hybridized carbons (Fsp3) is 0.857. The lowest BCUT2D eigenvalue weighted by molar-refractivity contribution is -0.873. The van der Waals surface area contributed by atoms with Crippen LogP contribution in [0, 0.1) is 0 Å². The van der Waals surface area contributed by atoms with Crippen LogP contribution in [0.25, 0.3) is 0 Å². The van der Waals surface area contributed by atoms with Gasteiger partial charge < -0.3 is 15.3 Å². The lowest BCUT2D eigenvalue weighted by Crippen LogP contribution is -2.42. The van der Waals surface area contributed by atoms with Crippen LogP contribution < -0.4 is 5.73 Å². The van der Waals surface area contributed by atoms with E-state index in [0.29, 0.717) is 11.0 Å². The number of hydrogen-bond donors (Lipinski definition) is 2. The molecule has 0 aromatic heterocycles. The first-order chi connectivity index (χ1) is 4.81. The molecule has 0 heterocycles. The fourth-order valence-corrected chi connectivity index (χ4v) is 0.929. The van der Waals surface area contributed by atoms with Crippen molar-refractivity contribution in [3.8, 4) is 0 Å². The summed E-state index contributed by atoms with van der Waals surface area (Å²) in [6.07, 6.45) is -0.567. The molecule has 0 fully saturated rings. The van der Waals surface area contributed by atoms with Crippen LogP contribution in [0.3, 0.4) is 0 Å². The zero-order valence-corrected chi connectivity index (χ0v) is 7.37. The lowest BCUT2D eigenvalue weighted by atomic mass is 10.2. The number of likely N-dealkylation sites (N-methyl/N-ethyl adjacent to an activating group) is 1. The number of aliphatic hydroxyl groups is 1. The molecule has 0 aliphatic heterocycles. The first-order valence-corrected chi connectivity index (χ1v) is 3.58. The summed E-state index contributed by atoms with van der Waals surface area (Å²) in [5.74, 6) is -0.453. The van der Waals surface area contributed by atoms with Crippen LogP contribution in [0.4, 0.5) is 0 Å². The quantitative estimate of drug-likeness (QED) is 0.516. The van der Waals surface area contributed by atoms with Gasteiger partial charge in [0.05, 0.1) is 27.6 Å². The van der Waals surface area contributed by atoms with Crippen molar-refractivity contribution >= 4 is 5.91 Å². The first-order valence-electron chi connectivity index (χ1n) is 3.58. The second-order valence-corrected chi connectivity index (χ2v) is 3.80. The number of nitrogens with zero attached hydrogens (tertiary/aromatic N) is 1. The average molecular weight is 161 g/mol. The molecule has 1 atom stereocenters. The van der Waals surface area contributed by atoms with Crippen molar-refractivity contribution in [1.29, 1.82) is 0 Å². The van der Waals surface area contributed by atoms with Gasteiger partial charge in [-0.3, -0.25) is 4.79 Å². The predicted octanol–water partition coefficient (Wildman–Crippen LogP) is -1.07. The zero-order valence-electron chi connectivity index (χ0n) is 7.37. The molecule has 0 radical (unpaired) electrons. The number of amides is 1. The number of carbonyl (C=O) groups excluding carboxylic acids is 1. The van der Waals surface area contributed by atoms with Crippen molar-refractivity contribution < 1.29 is 14.4 Å². The maximum Gasteiger partial charge on any atom is 0.220 e. The summed E-state index contributed by atoms with van der Waals surface area (Å²) < 4.78 is 0.633. The van der Waals surface area contributed by atoms with Gasteiger partial charge in [0.1, 0.15) is 12.6 Å². The van der Waals surface area contributed by atoms with Gasteiger partial charge in [-0.2, -0.15) is 0 Å². The van der Waals surface area contributed by atoms with Crippen LogP contribution in [-0.2, 0) is 4.79 Å². The van der Waals surface area contributed by atoms with Gasteiger partial charge in [-0.15, -0.1) is 0 Å².